The number of aromatic hydroxyl groups is 1. The van der Waals surface area contributed by atoms with E-state index in [0.29, 0.717) is 12.3 Å². The molecule has 0 unspecified atom stereocenters. The molecular formula is C26H22N3OPt-. The molecule has 5 rings (SSSR count). The van der Waals surface area contributed by atoms with Gasteiger partial charge in [0.2, 0.25) is 0 Å². The molecule has 0 bridgehead atoms. The van der Waals surface area contributed by atoms with E-state index in [0.717, 1.165) is 34.1 Å². The summed E-state index contributed by atoms with van der Waals surface area (Å²) in [5.41, 5.74) is 3.25. The van der Waals surface area contributed by atoms with Gasteiger partial charge in [-0.3, -0.25) is 9.67 Å². The summed E-state index contributed by atoms with van der Waals surface area (Å²) in [6.07, 6.45) is 4.54. The fourth-order valence-corrected chi connectivity index (χ4v) is 3.22. The number of fused-ring (bicyclic) bond motifs is 1. The zero-order valence-electron chi connectivity index (χ0n) is 16.8. The third kappa shape index (κ3) is 6.37. The normalized spacial score (nSPS) is 10.1. The predicted molar refractivity (Wildman–Crippen MR) is 119 cm³/mol. The number of rotatable bonds is 4. The maximum absolute atomic E-state index is 9.37. The second-order valence-corrected chi connectivity index (χ2v) is 6.89. The van der Waals surface area contributed by atoms with Crippen LogP contribution in [-0.2, 0) is 34.0 Å². The molecule has 1 N–H and O–H groups in total. The van der Waals surface area contributed by atoms with Crippen LogP contribution in [0.3, 0.4) is 0 Å². The topological polar surface area (TPSA) is 50.9 Å². The molecule has 0 saturated heterocycles. The number of hydrogen-bond acceptors (Lipinski definition) is 3. The summed E-state index contributed by atoms with van der Waals surface area (Å²) in [6.45, 7) is 0.708. The van der Waals surface area contributed by atoms with E-state index in [9.17, 15) is 5.11 Å². The molecule has 158 valence electrons. The number of aromatic nitrogens is 3. The van der Waals surface area contributed by atoms with Gasteiger partial charge >= 0.3 is 0 Å². The number of hydrogen-bond donors (Lipinski definition) is 1. The number of pyridine rings is 1. The summed E-state index contributed by atoms with van der Waals surface area (Å²) in [5.74, 6) is 0.350. The van der Waals surface area contributed by atoms with Crippen LogP contribution in [-0.4, -0.2) is 19.9 Å². The second kappa shape index (κ2) is 11.2. The molecule has 0 radical (unpaired) electrons. The number of phenolic OH excluding ortho intramolecular Hbond substituents is 1. The van der Waals surface area contributed by atoms with Crippen LogP contribution in [0.15, 0.2) is 103 Å². The standard InChI is InChI=1S/C16H14N3.C10H8O.Pt/c1-2-6-14(7-3-1)12-15-8-4-9-16(18-15)13-19-11-5-10-17-19;11-10-7-3-5-8-4-1-2-6-9(8)10;/h1-6,8-11H,12-13H2;1-7,11H;/q-1;;. The summed E-state index contributed by atoms with van der Waals surface area (Å²) in [7, 11) is 0. The fraction of sp³-hybridized carbons (Fsp3) is 0.0769. The minimum Gasteiger partial charge on any atom is -0.507 e. The van der Waals surface area contributed by atoms with E-state index < -0.39 is 0 Å². The molecule has 4 nitrogen and oxygen atoms in total. The van der Waals surface area contributed by atoms with E-state index in [4.69, 9.17) is 0 Å². The average Bonchev–Trinajstić information content (AvgIpc) is 3.29. The van der Waals surface area contributed by atoms with Crippen molar-refractivity contribution in [1.29, 1.82) is 0 Å². The van der Waals surface area contributed by atoms with Crippen LogP contribution in [0, 0.1) is 6.07 Å². The monoisotopic (exact) mass is 587 g/mol. The van der Waals surface area contributed by atoms with E-state index in [1.54, 1.807) is 12.3 Å². The Morgan fingerprint density at radius 2 is 1.58 bits per heavy atom. The Morgan fingerprint density at radius 1 is 0.806 bits per heavy atom. The van der Waals surface area contributed by atoms with Crippen molar-refractivity contribution in [3.63, 3.8) is 0 Å². The average molecular weight is 588 g/mol. The first-order chi connectivity index (χ1) is 14.8. The third-order valence-electron chi connectivity index (χ3n) is 4.66. The van der Waals surface area contributed by atoms with E-state index >= 15 is 0 Å². The molecule has 5 heteroatoms. The number of nitrogens with zero attached hydrogens (tertiary/aromatic N) is 3. The zero-order chi connectivity index (χ0) is 20.6. The van der Waals surface area contributed by atoms with Crippen molar-refractivity contribution in [2.45, 2.75) is 13.0 Å². The van der Waals surface area contributed by atoms with Gasteiger partial charge in [-0.25, -0.2) is 0 Å². The van der Waals surface area contributed by atoms with Crippen molar-refractivity contribution in [2.75, 3.05) is 0 Å². The van der Waals surface area contributed by atoms with Crippen LogP contribution in [0.1, 0.15) is 17.0 Å². The van der Waals surface area contributed by atoms with E-state index in [-0.39, 0.29) is 21.1 Å². The summed E-state index contributed by atoms with van der Waals surface area (Å²) < 4.78 is 1.88. The van der Waals surface area contributed by atoms with E-state index in [1.165, 1.54) is 0 Å². The predicted octanol–water partition coefficient (Wildman–Crippen LogP) is 5.26. The summed E-state index contributed by atoms with van der Waals surface area (Å²) >= 11 is 0. The first kappa shape index (κ1) is 22.5. The van der Waals surface area contributed by atoms with E-state index in [1.807, 2.05) is 89.7 Å². The van der Waals surface area contributed by atoms with Crippen molar-refractivity contribution in [3.05, 3.63) is 126 Å². The van der Waals surface area contributed by atoms with Crippen LogP contribution < -0.4 is 0 Å². The quantitative estimate of drug-likeness (QED) is 0.292. The van der Waals surface area contributed by atoms with Gasteiger partial charge < -0.3 is 5.11 Å². The largest absolute Gasteiger partial charge is 0.507 e. The Bertz CT molecular complexity index is 1200. The van der Waals surface area contributed by atoms with Crippen molar-refractivity contribution in [1.82, 2.24) is 14.8 Å². The smallest absolute Gasteiger partial charge is 0.123 e. The maximum Gasteiger partial charge on any atom is 0.123 e. The van der Waals surface area contributed by atoms with Crippen LogP contribution >= 0.6 is 0 Å². The molecule has 0 fully saturated rings. The van der Waals surface area contributed by atoms with Gasteiger partial charge in [0.05, 0.1) is 12.2 Å². The van der Waals surface area contributed by atoms with Gasteiger partial charge in [0.15, 0.2) is 0 Å². The molecule has 0 atom stereocenters. The molecule has 0 spiro atoms. The number of benzene rings is 3. The van der Waals surface area contributed by atoms with Gasteiger partial charge in [-0.05, 0) is 36.1 Å². The first-order valence-corrected chi connectivity index (χ1v) is 9.82. The number of phenols is 1. The Kier molecular flexibility index (Phi) is 8.14. The van der Waals surface area contributed by atoms with Gasteiger partial charge in [-0.1, -0.05) is 42.5 Å². The summed E-state index contributed by atoms with van der Waals surface area (Å²) in [5, 5.41) is 15.6. The zero-order valence-corrected chi connectivity index (χ0v) is 19.1. The van der Waals surface area contributed by atoms with Crippen molar-refractivity contribution < 1.29 is 26.2 Å². The molecule has 31 heavy (non-hydrogen) atoms. The molecule has 2 heterocycles. The SMILES string of the molecule is Oc1cccc2ccccc12.[Pt].[c-]1ccccc1Cc1cccc(Cn2cccn2)n1. The maximum atomic E-state index is 9.37. The molecule has 5 aromatic rings. The first-order valence-electron chi connectivity index (χ1n) is 9.82. The van der Waals surface area contributed by atoms with Crippen LogP contribution in [0.25, 0.3) is 10.8 Å². The molecule has 0 aliphatic heterocycles. The minimum absolute atomic E-state index is 0. The van der Waals surface area contributed by atoms with Crippen LogP contribution in [0.4, 0.5) is 0 Å². The van der Waals surface area contributed by atoms with Gasteiger partial charge in [-0.15, -0.1) is 0 Å². The van der Waals surface area contributed by atoms with E-state index in [2.05, 4.69) is 22.2 Å². The fourth-order valence-electron chi connectivity index (χ4n) is 3.22. The minimum atomic E-state index is 0. The van der Waals surface area contributed by atoms with Gasteiger partial charge in [0.1, 0.15) is 5.75 Å². The summed E-state index contributed by atoms with van der Waals surface area (Å²) in [4.78, 5) is 4.66. The molecule has 0 aliphatic carbocycles. The Morgan fingerprint density at radius 3 is 2.35 bits per heavy atom. The summed E-state index contributed by atoms with van der Waals surface area (Å²) in [6, 6.07) is 32.6. The molecule has 2 aromatic heterocycles. The van der Waals surface area contributed by atoms with Gasteiger partial charge in [0.25, 0.3) is 0 Å². The van der Waals surface area contributed by atoms with Crippen LogP contribution in [0.2, 0.25) is 0 Å². The molecular weight excluding hydrogens is 565 g/mol. The van der Waals surface area contributed by atoms with Crippen LogP contribution in [0.5, 0.6) is 5.75 Å². The molecule has 0 saturated carbocycles. The van der Waals surface area contributed by atoms with Crippen molar-refractivity contribution >= 4 is 10.8 Å². The van der Waals surface area contributed by atoms with Gasteiger partial charge in [0, 0.05) is 44.5 Å². The third-order valence-corrected chi connectivity index (χ3v) is 4.66. The Hall–Kier alpha value is -3.23. The van der Waals surface area contributed by atoms with Gasteiger partial charge in [-0.2, -0.15) is 41.0 Å². The van der Waals surface area contributed by atoms with Crippen molar-refractivity contribution in [3.8, 4) is 5.75 Å². The molecule has 0 amide bonds. The second-order valence-electron chi connectivity index (χ2n) is 6.89. The Labute approximate surface area is 196 Å². The molecule has 0 aliphatic rings. The van der Waals surface area contributed by atoms with Crippen molar-refractivity contribution in [2.24, 2.45) is 0 Å². The Balaban J connectivity index is 0.000000194. The molecule has 3 aromatic carbocycles.